The van der Waals surface area contributed by atoms with Crippen LogP contribution >= 0.6 is 11.9 Å². The Kier molecular flexibility index (Phi) is 6.16. The Morgan fingerprint density at radius 1 is 1.08 bits per heavy atom. The van der Waals surface area contributed by atoms with Crippen LogP contribution in [0.15, 0.2) is 30.3 Å². The lowest BCUT2D eigenvalue weighted by molar-refractivity contribution is -0.140. The summed E-state index contributed by atoms with van der Waals surface area (Å²) in [5.74, 6) is -0.909. The molecule has 0 radical (unpaired) electrons. The van der Waals surface area contributed by atoms with Crippen molar-refractivity contribution in [2.24, 2.45) is 0 Å². The maximum absolute atomic E-state index is 12.6. The number of hydrogen-bond acceptors (Lipinski definition) is 6. The smallest absolute Gasteiger partial charge is 0.410 e. The molecule has 7 nitrogen and oxygen atoms in total. The van der Waals surface area contributed by atoms with Gasteiger partial charge in [-0.2, -0.15) is 0 Å². The standard InChI is InChI=1S/C18H22N2O5S/c21-16(22)14-8-5-11-20(14)26-17(23)15-9-4-10-19(15)18(24)25-12-13-6-2-1-3-7-13/h1-3,6-7,14-15H,4-5,8-12H2,(H,21,22). The lowest BCUT2D eigenvalue weighted by atomic mass is 10.2. The number of carboxylic acid groups (broad SMARTS) is 1. The van der Waals surface area contributed by atoms with Crippen molar-refractivity contribution in [1.29, 1.82) is 0 Å². The summed E-state index contributed by atoms with van der Waals surface area (Å²) in [5, 5.41) is 9.04. The number of likely N-dealkylation sites (tertiary alicyclic amines) is 1. The second-order valence-electron chi connectivity index (χ2n) is 6.44. The van der Waals surface area contributed by atoms with E-state index >= 15 is 0 Å². The van der Waals surface area contributed by atoms with Crippen molar-refractivity contribution >= 4 is 29.1 Å². The minimum Gasteiger partial charge on any atom is -0.480 e. The Morgan fingerprint density at radius 2 is 1.77 bits per heavy atom. The summed E-state index contributed by atoms with van der Waals surface area (Å²) in [7, 11) is 0. The second-order valence-corrected chi connectivity index (χ2v) is 7.49. The molecule has 2 saturated heterocycles. The van der Waals surface area contributed by atoms with Crippen LogP contribution in [0.1, 0.15) is 31.2 Å². The lowest BCUT2D eigenvalue weighted by Gasteiger charge is -2.25. The van der Waals surface area contributed by atoms with Gasteiger partial charge in [0.2, 0.25) is 5.12 Å². The van der Waals surface area contributed by atoms with Crippen molar-refractivity contribution in [1.82, 2.24) is 9.21 Å². The fourth-order valence-corrected chi connectivity index (χ4v) is 4.45. The van der Waals surface area contributed by atoms with E-state index in [4.69, 9.17) is 4.74 Å². The zero-order valence-corrected chi connectivity index (χ0v) is 15.2. The zero-order valence-electron chi connectivity index (χ0n) is 14.4. The van der Waals surface area contributed by atoms with Crippen molar-refractivity contribution in [3.8, 4) is 0 Å². The number of hydrogen-bond donors (Lipinski definition) is 1. The first-order chi connectivity index (χ1) is 12.6. The molecular weight excluding hydrogens is 356 g/mol. The van der Waals surface area contributed by atoms with Crippen molar-refractivity contribution in [2.75, 3.05) is 13.1 Å². The van der Waals surface area contributed by atoms with E-state index in [1.54, 1.807) is 4.31 Å². The molecule has 0 aromatic heterocycles. The van der Waals surface area contributed by atoms with E-state index in [9.17, 15) is 19.5 Å². The van der Waals surface area contributed by atoms with Gasteiger partial charge in [-0.25, -0.2) is 9.10 Å². The third-order valence-electron chi connectivity index (χ3n) is 4.66. The van der Waals surface area contributed by atoms with E-state index in [0.717, 1.165) is 30.4 Å². The van der Waals surface area contributed by atoms with Gasteiger partial charge in [0.15, 0.2) is 0 Å². The minimum absolute atomic E-state index is 0.164. The molecule has 2 atom stereocenters. The fourth-order valence-electron chi connectivity index (χ4n) is 3.31. The Labute approximate surface area is 156 Å². The molecule has 0 spiro atoms. The molecule has 0 bridgehead atoms. The number of rotatable bonds is 5. The van der Waals surface area contributed by atoms with E-state index in [1.165, 1.54) is 4.90 Å². The summed E-state index contributed by atoms with van der Waals surface area (Å²) in [6.07, 6.45) is 2.12. The number of nitrogens with zero attached hydrogens (tertiary/aromatic N) is 2. The van der Waals surface area contributed by atoms with E-state index in [2.05, 4.69) is 0 Å². The van der Waals surface area contributed by atoms with Crippen LogP contribution in [0, 0.1) is 0 Å². The molecule has 0 aliphatic carbocycles. The van der Waals surface area contributed by atoms with Crippen molar-refractivity contribution in [3.05, 3.63) is 35.9 Å². The zero-order chi connectivity index (χ0) is 18.5. The van der Waals surface area contributed by atoms with Crippen molar-refractivity contribution in [3.63, 3.8) is 0 Å². The highest BCUT2D eigenvalue weighted by Gasteiger charge is 2.39. The van der Waals surface area contributed by atoms with Crippen LogP contribution in [0.5, 0.6) is 0 Å². The molecular formula is C18H22N2O5S. The number of aliphatic carboxylic acids is 1. The van der Waals surface area contributed by atoms with Gasteiger partial charge in [0.1, 0.15) is 18.7 Å². The number of amides is 1. The highest BCUT2D eigenvalue weighted by atomic mass is 32.2. The van der Waals surface area contributed by atoms with Crippen LogP contribution in [0.3, 0.4) is 0 Å². The molecule has 2 heterocycles. The summed E-state index contributed by atoms with van der Waals surface area (Å²) in [4.78, 5) is 37.7. The normalized spacial score (nSPS) is 23.2. The van der Waals surface area contributed by atoms with Crippen LogP contribution in [0.2, 0.25) is 0 Å². The first kappa shape index (κ1) is 18.7. The molecule has 0 saturated carbocycles. The fraction of sp³-hybridized carbons (Fsp3) is 0.500. The molecule has 2 aliphatic rings. The molecule has 3 rings (SSSR count). The van der Waals surface area contributed by atoms with Crippen LogP contribution in [-0.2, 0) is 20.9 Å². The van der Waals surface area contributed by atoms with E-state index in [1.807, 2.05) is 30.3 Å². The number of carbonyl (C=O) groups excluding carboxylic acids is 2. The van der Waals surface area contributed by atoms with Gasteiger partial charge in [0.05, 0.1) is 0 Å². The Morgan fingerprint density at radius 3 is 2.50 bits per heavy atom. The monoisotopic (exact) mass is 378 g/mol. The van der Waals surface area contributed by atoms with Gasteiger partial charge in [0.25, 0.3) is 0 Å². The topological polar surface area (TPSA) is 87.2 Å². The molecule has 26 heavy (non-hydrogen) atoms. The first-order valence-electron chi connectivity index (χ1n) is 8.75. The average Bonchev–Trinajstić information content (AvgIpc) is 3.29. The summed E-state index contributed by atoms with van der Waals surface area (Å²) >= 11 is 0.941. The number of ether oxygens (including phenoxy) is 1. The predicted molar refractivity (Wildman–Crippen MR) is 96.3 cm³/mol. The van der Waals surface area contributed by atoms with Gasteiger partial charge >= 0.3 is 12.1 Å². The maximum atomic E-state index is 12.6. The third kappa shape index (κ3) is 4.37. The maximum Gasteiger partial charge on any atom is 0.410 e. The molecule has 2 unspecified atom stereocenters. The third-order valence-corrected chi connectivity index (χ3v) is 5.78. The van der Waals surface area contributed by atoms with Crippen molar-refractivity contribution in [2.45, 2.75) is 44.4 Å². The Bertz CT molecular complexity index is 669. The van der Waals surface area contributed by atoms with Gasteiger partial charge in [-0.3, -0.25) is 14.5 Å². The summed E-state index contributed by atoms with van der Waals surface area (Å²) in [6, 6.07) is 8.18. The molecule has 2 fully saturated rings. The number of carbonyl (C=O) groups is 3. The molecule has 1 aromatic rings. The van der Waals surface area contributed by atoms with Gasteiger partial charge in [0, 0.05) is 13.1 Å². The quantitative estimate of drug-likeness (QED) is 0.788. The molecule has 2 aliphatic heterocycles. The van der Waals surface area contributed by atoms with Crippen LogP contribution < -0.4 is 0 Å². The highest BCUT2D eigenvalue weighted by Crippen LogP contribution is 2.30. The Hall–Kier alpha value is -2.06. The number of benzene rings is 1. The molecule has 140 valence electrons. The summed E-state index contributed by atoms with van der Waals surface area (Å²) < 4.78 is 6.96. The van der Waals surface area contributed by atoms with Gasteiger partial charge in [-0.05, 0) is 43.2 Å². The van der Waals surface area contributed by atoms with Crippen LogP contribution in [0.4, 0.5) is 4.79 Å². The second kappa shape index (κ2) is 8.55. The number of carboxylic acids is 1. The van der Waals surface area contributed by atoms with E-state index in [-0.39, 0.29) is 11.7 Å². The van der Waals surface area contributed by atoms with E-state index < -0.39 is 24.1 Å². The predicted octanol–water partition coefficient (Wildman–Crippen LogP) is 2.51. The Balaban J connectivity index is 1.56. The molecule has 1 amide bonds. The molecule has 1 aromatic carbocycles. The summed E-state index contributed by atoms with van der Waals surface area (Å²) in [5.41, 5.74) is 0.888. The molecule has 1 N–H and O–H groups in total. The van der Waals surface area contributed by atoms with Gasteiger partial charge in [-0.1, -0.05) is 30.3 Å². The van der Waals surface area contributed by atoms with Gasteiger partial charge in [-0.15, -0.1) is 0 Å². The van der Waals surface area contributed by atoms with Crippen LogP contribution in [0.25, 0.3) is 0 Å². The van der Waals surface area contributed by atoms with Crippen LogP contribution in [-0.4, -0.2) is 56.7 Å². The first-order valence-corrected chi connectivity index (χ1v) is 9.52. The largest absolute Gasteiger partial charge is 0.480 e. The van der Waals surface area contributed by atoms with Gasteiger partial charge < -0.3 is 9.84 Å². The summed E-state index contributed by atoms with van der Waals surface area (Å²) in [6.45, 7) is 1.21. The minimum atomic E-state index is -0.909. The highest BCUT2D eigenvalue weighted by molar-refractivity contribution is 8.11. The average molecular weight is 378 g/mol. The van der Waals surface area contributed by atoms with Crippen molar-refractivity contribution < 1.29 is 24.2 Å². The molecule has 8 heteroatoms. The lowest BCUT2D eigenvalue weighted by Crippen LogP contribution is -2.41. The SMILES string of the molecule is O=C(O)C1CCCN1SC(=O)C1CCCN1C(=O)OCc1ccccc1. The van der Waals surface area contributed by atoms with E-state index in [0.29, 0.717) is 25.9 Å².